The van der Waals surface area contributed by atoms with Gasteiger partial charge in [-0.3, -0.25) is 4.79 Å². The lowest BCUT2D eigenvalue weighted by Crippen LogP contribution is -2.45. The monoisotopic (exact) mass is 402 g/mol. The van der Waals surface area contributed by atoms with Crippen LogP contribution in [-0.2, 0) is 4.79 Å². The van der Waals surface area contributed by atoms with Crippen LogP contribution in [0.3, 0.4) is 0 Å². The maximum Gasteiger partial charge on any atom is 0.248 e. The van der Waals surface area contributed by atoms with Gasteiger partial charge in [-0.2, -0.15) is 4.98 Å². The molecule has 1 aliphatic heterocycles. The predicted octanol–water partition coefficient (Wildman–Crippen LogP) is 0.885. The number of carbonyl (C=O) groups is 1. The molecule has 0 spiro atoms. The first-order chi connectivity index (χ1) is 13.5. The van der Waals surface area contributed by atoms with Crippen LogP contribution in [0.4, 0.5) is 17.6 Å². The number of hydrogen-bond acceptors (Lipinski definition) is 10. The Bertz CT molecular complexity index is 870. The highest BCUT2D eigenvalue weighted by atomic mass is 32.2. The van der Waals surface area contributed by atoms with Crippen molar-refractivity contribution in [3.8, 4) is 5.88 Å². The van der Waals surface area contributed by atoms with E-state index < -0.39 is 0 Å². The van der Waals surface area contributed by atoms with Crippen molar-refractivity contribution >= 4 is 35.3 Å². The van der Waals surface area contributed by atoms with E-state index in [4.69, 9.17) is 10.5 Å². The number of nitrogens with two attached hydrogens (primary N) is 1. The summed E-state index contributed by atoms with van der Waals surface area (Å²) in [4.78, 5) is 34.0. The van der Waals surface area contributed by atoms with E-state index in [1.165, 1.54) is 17.8 Å². The third-order valence-electron chi connectivity index (χ3n) is 4.05. The van der Waals surface area contributed by atoms with Gasteiger partial charge in [0.25, 0.3) is 0 Å². The molecule has 0 bridgehead atoms. The Kier molecular flexibility index (Phi) is 6.26. The molecular weight excluding hydrogens is 380 g/mol. The number of ether oxygens (including phenoxy) is 1. The molecule has 0 aromatic carbocycles. The molecule has 28 heavy (non-hydrogen) atoms. The van der Waals surface area contributed by atoms with Crippen LogP contribution in [0, 0.1) is 0 Å². The van der Waals surface area contributed by atoms with Gasteiger partial charge in [0, 0.05) is 32.2 Å². The molecule has 1 aliphatic rings. The standard InChI is InChI=1S/C17H22N8O2S/c1-4-14(26)21-13-9-12(18)20-17(22-13)28-11-10-19-16(23-15(11)27-3)25-7-5-24(2)6-8-25/h4,9-10H,1,5-8H2,2-3H3,(H3,18,20,21,22,26). The molecule has 0 unspecified atom stereocenters. The van der Waals surface area contributed by atoms with Crippen LogP contribution in [0.15, 0.2) is 35.0 Å². The van der Waals surface area contributed by atoms with Crippen molar-refractivity contribution in [1.82, 2.24) is 24.8 Å². The van der Waals surface area contributed by atoms with Crippen molar-refractivity contribution in [1.29, 1.82) is 0 Å². The van der Waals surface area contributed by atoms with Gasteiger partial charge in [-0.15, -0.1) is 0 Å². The van der Waals surface area contributed by atoms with Gasteiger partial charge in [0.15, 0.2) is 5.16 Å². The van der Waals surface area contributed by atoms with Gasteiger partial charge in [-0.1, -0.05) is 6.58 Å². The summed E-state index contributed by atoms with van der Waals surface area (Å²) >= 11 is 1.20. The van der Waals surface area contributed by atoms with Gasteiger partial charge in [-0.25, -0.2) is 15.0 Å². The zero-order chi connectivity index (χ0) is 20.1. The summed E-state index contributed by atoms with van der Waals surface area (Å²) in [6, 6.07) is 1.47. The van der Waals surface area contributed by atoms with E-state index in [0.717, 1.165) is 32.3 Å². The van der Waals surface area contributed by atoms with Gasteiger partial charge in [0.1, 0.15) is 11.6 Å². The van der Waals surface area contributed by atoms with E-state index in [1.54, 1.807) is 13.3 Å². The Hall–Kier alpha value is -2.92. The number of aromatic nitrogens is 4. The number of rotatable bonds is 6. The molecule has 148 valence electrons. The molecule has 3 rings (SSSR count). The lowest BCUT2D eigenvalue weighted by molar-refractivity contribution is -0.111. The SMILES string of the molecule is C=CC(=O)Nc1cc(N)nc(Sc2cnc(N3CCN(C)CC3)nc2OC)n1. The number of nitrogens with zero attached hydrogens (tertiary/aromatic N) is 6. The number of likely N-dealkylation sites (N-methyl/N-ethyl adjacent to an activating group) is 1. The Morgan fingerprint density at radius 2 is 2.07 bits per heavy atom. The molecule has 3 N–H and O–H groups in total. The summed E-state index contributed by atoms with van der Waals surface area (Å²) in [6.45, 7) is 7.04. The Morgan fingerprint density at radius 1 is 1.32 bits per heavy atom. The molecule has 0 saturated carbocycles. The molecule has 1 amide bonds. The van der Waals surface area contributed by atoms with Crippen LogP contribution in [-0.4, -0.2) is 71.1 Å². The molecule has 2 aromatic heterocycles. The summed E-state index contributed by atoms with van der Waals surface area (Å²) in [6.07, 6.45) is 2.83. The van der Waals surface area contributed by atoms with E-state index in [0.29, 0.717) is 21.9 Å². The molecule has 2 aromatic rings. The first-order valence-corrected chi connectivity index (χ1v) is 9.40. The fraction of sp³-hybridized carbons (Fsp3) is 0.353. The molecular formula is C17H22N8O2S. The topological polar surface area (TPSA) is 122 Å². The minimum Gasteiger partial charge on any atom is -0.480 e. The third-order valence-corrected chi connectivity index (χ3v) is 4.92. The quantitative estimate of drug-likeness (QED) is 0.532. The summed E-state index contributed by atoms with van der Waals surface area (Å²) in [7, 11) is 3.64. The van der Waals surface area contributed by atoms with E-state index in [1.807, 2.05) is 0 Å². The first kappa shape index (κ1) is 19.8. The predicted molar refractivity (Wildman–Crippen MR) is 108 cm³/mol. The lowest BCUT2D eigenvalue weighted by atomic mass is 10.3. The number of nitrogen functional groups attached to an aromatic ring is 1. The normalized spacial score (nSPS) is 14.6. The first-order valence-electron chi connectivity index (χ1n) is 8.59. The van der Waals surface area contributed by atoms with Crippen LogP contribution in [0.25, 0.3) is 0 Å². The average molecular weight is 402 g/mol. The van der Waals surface area contributed by atoms with E-state index in [-0.39, 0.29) is 17.5 Å². The second kappa shape index (κ2) is 8.85. The second-order valence-corrected chi connectivity index (χ2v) is 7.10. The maximum absolute atomic E-state index is 11.5. The third kappa shape index (κ3) is 4.87. The number of amides is 1. The van der Waals surface area contributed by atoms with Crippen molar-refractivity contribution in [3.63, 3.8) is 0 Å². The Balaban J connectivity index is 1.80. The highest BCUT2D eigenvalue weighted by Gasteiger charge is 2.19. The molecule has 1 saturated heterocycles. The zero-order valence-corrected chi connectivity index (χ0v) is 16.6. The van der Waals surface area contributed by atoms with Crippen LogP contribution < -0.4 is 20.7 Å². The fourth-order valence-corrected chi connectivity index (χ4v) is 3.36. The van der Waals surface area contributed by atoms with Crippen LogP contribution in [0.5, 0.6) is 5.88 Å². The van der Waals surface area contributed by atoms with E-state index in [2.05, 4.69) is 48.7 Å². The zero-order valence-electron chi connectivity index (χ0n) is 15.8. The molecule has 0 radical (unpaired) electrons. The van der Waals surface area contributed by atoms with Gasteiger partial charge in [0.2, 0.25) is 17.7 Å². The molecule has 11 heteroatoms. The van der Waals surface area contributed by atoms with Crippen molar-refractivity contribution in [3.05, 3.63) is 24.9 Å². The number of hydrogen-bond donors (Lipinski definition) is 2. The Labute approximate surface area is 167 Å². The summed E-state index contributed by atoms with van der Waals surface area (Å²) in [5, 5.41) is 2.91. The van der Waals surface area contributed by atoms with Crippen LogP contribution in [0.2, 0.25) is 0 Å². The number of anilines is 3. The molecule has 0 atom stereocenters. The summed E-state index contributed by atoms with van der Waals surface area (Å²) in [5.74, 6) is 1.18. The van der Waals surface area contributed by atoms with E-state index >= 15 is 0 Å². The van der Waals surface area contributed by atoms with Crippen molar-refractivity contribution in [2.24, 2.45) is 0 Å². The summed E-state index contributed by atoms with van der Waals surface area (Å²) < 4.78 is 5.43. The number of piperazine rings is 1. The lowest BCUT2D eigenvalue weighted by Gasteiger charge is -2.32. The molecule has 0 aliphatic carbocycles. The Morgan fingerprint density at radius 3 is 2.75 bits per heavy atom. The van der Waals surface area contributed by atoms with Crippen molar-refractivity contribution in [2.75, 3.05) is 56.3 Å². The molecule has 1 fully saturated rings. The number of nitrogens with one attached hydrogen (secondary N) is 1. The van der Waals surface area contributed by atoms with Gasteiger partial charge >= 0.3 is 0 Å². The van der Waals surface area contributed by atoms with E-state index in [9.17, 15) is 4.79 Å². The van der Waals surface area contributed by atoms with Crippen LogP contribution >= 0.6 is 11.8 Å². The molecule has 10 nitrogen and oxygen atoms in total. The highest BCUT2D eigenvalue weighted by Crippen LogP contribution is 2.33. The fourth-order valence-electron chi connectivity index (χ4n) is 2.55. The largest absolute Gasteiger partial charge is 0.480 e. The maximum atomic E-state index is 11.5. The number of carbonyl (C=O) groups excluding carboxylic acids is 1. The van der Waals surface area contributed by atoms with Crippen molar-refractivity contribution in [2.45, 2.75) is 10.1 Å². The highest BCUT2D eigenvalue weighted by molar-refractivity contribution is 7.99. The van der Waals surface area contributed by atoms with Crippen molar-refractivity contribution < 1.29 is 9.53 Å². The minimum absolute atomic E-state index is 0.228. The van der Waals surface area contributed by atoms with Gasteiger partial charge < -0.3 is 25.6 Å². The van der Waals surface area contributed by atoms with Gasteiger partial charge in [0.05, 0.1) is 18.2 Å². The minimum atomic E-state index is -0.383. The second-order valence-electron chi connectivity index (χ2n) is 6.09. The molecule has 3 heterocycles. The average Bonchev–Trinajstić information content (AvgIpc) is 2.68. The smallest absolute Gasteiger partial charge is 0.248 e. The number of methoxy groups -OCH3 is 1. The summed E-state index contributed by atoms with van der Waals surface area (Å²) in [5.41, 5.74) is 5.82. The van der Waals surface area contributed by atoms with Crippen LogP contribution in [0.1, 0.15) is 0 Å². The van der Waals surface area contributed by atoms with Gasteiger partial charge in [-0.05, 0) is 24.9 Å².